The molecule has 6 nitrogen and oxygen atoms in total. The normalized spacial score (nSPS) is 17.8. The smallest absolute Gasteiger partial charge is 0.272 e. The van der Waals surface area contributed by atoms with Crippen LogP contribution in [0, 0.1) is 0 Å². The van der Waals surface area contributed by atoms with Crippen molar-refractivity contribution in [2.45, 2.75) is 0 Å². The van der Waals surface area contributed by atoms with Gasteiger partial charge in [-0.15, -0.1) is 0 Å². The van der Waals surface area contributed by atoms with Crippen LogP contribution in [0.2, 0.25) is 0 Å². The van der Waals surface area contributed by atoms with Gasteiger partial charge in [-0.25, -0.2) is 8.42 Å². The molecule has 1 fully saturated rings. The van der Waals surface area contributed by atoms with Gasteiger partial charge in [-0.05, 0) is 36.4 Å². The molecule has 0 atom stereocenters. The zero-order chi connectivity index (χ0) is 18.0. The van der Waals surface area contributed by atoms with Gasteiger partial charge in [-0.1, -0.05) is 18.2 Å². The second-order valence-electron chi connectivity index (χ2n) is 5.84. The van der Waals surface area contributed by atoms with Crippen LogP contribution >= 0.6 is 0 Å². The Bertz CT molecular complexity index is 904. The van der Waals surface area contributed by atoms with Gasteiger partial charge in [-0.3, -0.25) is 9.69 Å². The predicted molar refractivity (Wildman–Crippen MR) is 96.0 cm³/mol. The van der Waals surface area contributed by atoms with Gasteiger partial charge in [0.25, 0.3) is 5.91 Å². The van der Waals surface area contributed by atoms with E-state index >= 15 is 0 Å². The Morgan fingerprint density at radius 3 is 2.20 bits per heavy atom. The van der Waals surface area contributed by atoms with E-state index in [2.05, 4.69) is 0 Å². The maximum atomic E-state index is 12.5. The van der Waals surface area contributed by atoms with Crippen molar-refractivity contribution in [1.82, 2.24) is 4.90 Å². The summed E-state index contributed by atoms with van der Waals surface area (Å²) in [5.74, 6) is 0.426. The van der Waals surface area contributed by atoms with Crippen LogP contribution in [-0.2, 0) is 14.6 Å². The van der Waals surface area contributed by atoms with Crippen molar-refractivity contribution in [2.24, 2.45) is 0 Å². The lowest BCUT2D eigenvalue weighted by Crippen LogP contribution is -2.25. The van der Waals surface area contributed by atoms with Crippen molar-refractivity contribution < 1.29 is 17.9 Å². The first-order valence-electron chi connectivity index (χ1n) is 7.63. The van der Waals surface area contributed by atoms with Crippen molar-refractivity contribution in [2.75, 3.05) is 24.9 Å². The lowest BCUT2D eigenvalue weighted by molar-refractivity contribution is -0.114. The van der Waals surface area contributed by atoms with E-state index in [9.17, 15) is 13.2 Å². The van der Waals surface area contributed by atoms with Gasteiger partial charge in [-0.2, -0.15) is 0 Å². The average molecular weight is 358 g/mol. The minimum atomic E-state index is -3.62. The minimum absolute atomic E-state index is 0.192. The average Bonchev–Trinajstić information content (AvgIpc) is 2.80. The number of rotatable bonds is 4. The van der Waals surface area contributed by atoms with E-state index in [1.54, 1.807) is 43.3 Å². The Balaban J connectivity index is 1.82. The maximum absolute atomic E-state index is 12.5. The van der Waals surface area contributed by atoms with E-state index in [0.29, 0.717) is 17.2 Å². The second kappa shape index (κ2) is 6.60. The number of ether oxygens (including phenoxy) is 1. The number of anilines is 1. The van der Waals surface area contributed by atoms with Gasteiger partial charge < -0.3 is 9.64 Å². The van der Waals surface area contributed by atoms with Crippen LogP contribution in [0.15, 0.2) is 65.7 Å². The molecule has 1 aliphatic rings. The van der Waals surface area contributed by atoms with Gasteiger partial charge in [0.05, 0.1) is 0 Å². The fourth-order valence-corrected chi connectivity index (χ4v) is 3.94. The summed E-state index contributed by atoms with van der Waals surface area (Å²) in [5, 5.41) is 0. The molecule has 0 radical (unpaired) electrons. The fourth-order valence-electron chi connectivity index (χ4n) is 2.44. The molecule has 1 amide bonds. The molecule has 0 aromatic heterocycles. The van der Waals surface area contributed by atoms with Gasteiger partial charge in [0.15, 0.2) is 0 Å². The third kappa shape index (κ3) is 3.66. The SMILES string of the molecule is CN(C)C=C1C(=O)N(c2ccc(Oc3ccccc3)cc2)CS1(=O)=O. The summed E-state index contributed by atoms with van der Waals surface area (Å²) in [6.45, 7) is 0. The van der Waals surface area contributed by atoms with Gasteiger partial charge in [0.2, 0.25) is 9.84 Å². The molecule has 130 valence electrons. The summed E-state index contributed by atoms with van der Waals surface area (Å²) >= 11 is 0. The number of carbonyl (C=O) groups excluding carboxylic acids is 1. The molecule has 25 heavy (non-hydrogen) atoms. The molecule has 0 bridgehead atoms. The quantitative estimate of drug-likeness (QED) is 0.786. The molecule has 7 heteroatoms. The number of sulfone groups is 1. The van der Waals surface area contributed by atoms with E-state index < -0.39 is 15.7 Å². The van der Waals surface area contributed by atoms with Crippen LogP contribution in [-0.4, -0.2) is 39.2 Å². The third-order valence-corrected chi connectivity index (χ3v) is 5.14. The number of para-hydroxylation sites is 1. The molecule has 0 unspecified atom stereocenters. The van der Waals surface area contributed by atoms with Crippen molar-refractivity contribution in [3.8, 4) is 11.5 Å². The molecule has 0 N–H and O–H groups in total. The summed E-state index contributed by atoms with van der Waals surface area (Å²) < 4.78 is 30.1. The zero-order valence-electron chi connectivity index (χ0n) is 13.9. The van der Waals surface area contributed by atoms with Crippen LogP contribution in [0.5, 0.6) is 11.5 Å². The van der Waals surface area contributed by atoms with Crippen molar-refractivity contribution in [1.29, 1.82) is 0 Å². The number of carbonyl (C=O) groups is 1. The highest BCUT2D eigenvalue weighted by Crippen LogP contribution is 2.30. The molecule has 0 saturated carbocycles. The fraction of sp³-hybridized carbons (Fsp3) is 0.167. The van der Waals surface area contributed by atoms with Crippen LogP contribution in [0.25, 0.3) is 0 Å². The molecule has 0 aliphatic carbocycles. The first-order chi connectivity index (χ1) is 11.9. The first-order valence-corrected chi connectivity index (χ1v) is 9.28. The molecule has 2 aromatic rings. The number of hydrogen-bond acceptors (Lipinski definition) is 5. The van der Waals surface area contributed by atoms with Crippen LogP contribution in [0.1, 0.15) is 0 Å². The maximum Gasteiger partial charge on any atom is 0.272 e. The number of hydrogen-bond donors (Lipinski definition) is 0. The highest BCUT2D eigenvalue weighted by Gasteiger charge is 2.40. The summed E-state index contributed by atoms with van der Waals surface area (Å²) in [5.41, 5.74) is 0.510. The highest BCUT2D eigenvalue weighted by molar-refractivity contribution is 7.97. The highest BCUT2D eigenvalue weighted by atomic mass is 32.2. The van der Waals surface area contributed by atoms with E-state index in [1.165, 1.54) is 11.1 Å². The molecule has 2 aromatic carbocycles. The third-order valence-electron chi connectivity index (χ3n) is 3.59. The van der Waals surface area contributed by atoms with Crippen molar-refractivity contribution in [3.05, 3.63) is 65.7 Å². The predicted octanol–water partition coefficient (Wildman–Crippen LogP) is 2.60. The van der Waals surface area contributed by atoms with Crippen LogP contribution in [0.4, 0.5) is 5.69 Å². The standard InChI is InChI=1S/C18H18N2O4S/c1-19(2)12-17-18(21)20(13-25(17,22)23)14-8-10-16(11-9-14)24-15-6-4-3-5-7-15/h3-12H,13H2,1-2H3. The van der Waals surface area contributed by atoms with Gasteiger partial charge in [0.1, 0.15) is 22.3 Å². The van der Waals surface area contributed by atoms with Crippen molar-refractivity contribution in [3.63, 3.8) is 0 Å². The molecular weight excluding hydrogens is 340 g/mol. The van der Waals surface area contributed by atoms with E-state index in [4.69, 9.17) is 4.74 Å². The largest absolute Gasteiger partial charge is 0.457 e. The van der Waals surface area contributed by atoms with E-state index in [-0.39, 0.29) is 10.8 Å². The van der Waals surface area contributed by atoms with Crippen LogP contribution in [0.3, 0.4) is 0 Å². The molecule has 1 aliphatic heterocycles. The summed E-state index contributed by atoms with van der Waals surface area (Å²) in [7, 11) is -0.273. The van der Waals surface area contributed by atoms with E-state index in [0.717, 1.165) is 0 Å². The Morgan fingerprint density at radius 1 is 1.00 bits per heavy atom. The number of amides is 1. The summed E-state index contributed by atoms with van der Waals surface area (Å²) in [6, 6.07) is 16.1. The van der Waals surface area contributed by atoms with Gasteiger partial charge in [0, 0.05) is 26.0 Å². The Morgan fingerprint density at radius 2 is 1.60 bits per heavy atom. The van der Waals surface area contributed by atoms with Crippen molar-refractivity contribution >= 4 is 21.4 Å². The molecule has 3 rings (SSSR count). The van der Waals surface area contributed by atoms with Gasteiger partial charge >= 0.3 is 0 Å². The first kappa shape index (κ1) is 17.0. The lowest BCUT2D eigenvalue weighted by atomic mass is 10.2. The Labute approximate surface area is 146 Å². The van der Waals surface area contributed by atoms with Crippen LogP contribution < -0.4 is 9.64 Å². The molecule has 1 saturated heterocycles. The second-order valence-corrected chi connectivity index (χ2v) is 7.77. The molecule has 1 heterocycles. The summed E-state index contributed by atoms with van der Waals surface area (Å²) in [4.78, 5) is 15.1. The molecule has 0 spiro atoms. The Hall–Kier alpha value is -2.80. The number of nitrogens with zero attached hydrogens (tertiary/aromatic N) is 2. The monoisotopic (exact) mass is 358 g/mol. The summed E-state index contributed by atoms with van der Waals surface area (Å²) in [6.07, 6.45) is 1.34. The minimum Gasteiger partial charge on any atom is -0.457 e. The molecular formula is C18H18N2O4S. The Kier molecular flexibility index (Phi) is 4.50. The lowest BCUT2D eigenvalue weighted by Gasteiger charge is -2.14. The zero-order valence-corrected chi connectivity index (χ0v) is 14.7. The van der Waals surface area contributed by atoms with E-state index in [1.807, 2.05) is 30.3 Å². The number of benzene rings is 2. The topological polar surface area (TPSA) is 66.9 Å².